The number of aromatic nitrogens is 2. The molecule has 0 spiro atoms. The molecule has 3 aliphatic heterocycles. The van der Waals surface area contributed by atoms with Gasteiger partial charge in [-0.1, -0.05) is 13.0 Å². The highest BCUT2D eigenvalue weighted by Gasteiger charge is 2.34. The zero-order chi connectivity index (χ0) is 22.4. The van der Waals surface area contributed by atoms with Crippen LogP contribution in [0, 0.1) is 11.8 Å². The SMILES string of the molecule is CC1CCN(Cc2c(O)c(=O)cc(CN3CC4CC(C3)c3cccc(=O)n3C4)n2C)CC1. The fourth-order valence-corrected chi connectivity index (χ4v) is 5.91. The molecule has 3 aliphatic rings. The van der Waals surface area contributed by atoms with Crippen molar-refractivity contribution in [2.75, 3.05) is 26.2 Å². The molecule has 2 atom stereocenters. The molecule has 2 aromatic rings. The van der Waals surface area contributed by atoms with Crippen LogP contribution in [0.2, 0.25) is 0 Å². The largest absolute Gasteiger partial charge is 0.503 e. The first-order valence-corrected chi connectivity index (χ1v) is 11.9. The maximum absolute atomic E-state index is 12.6. The smallest absolute Gasteiger partial charge is 0.250 e. The second-order valence-electron chi connectivity index (χ2n) is 10.2. The summed E-state index contributed by atoms with van der Waals surface area (Å²) >= 11 is 0. The van der Waals surface area contributed by atoms with Gasteiger partial charge in [0.05, 0.1) is 5.69 Å². The molecule has 7 nitrogen and oxygen atoms in total. The summed E-state index contributed by atoms with van der Waals surface area (Å²) in [5.41, 5.74) is 2.61. The van der Waals surface area contributed by atoms with Gasteiger partial charge in [-0.25, -0.2) is 0 Å². The Morgan fingerprint density at radius 2 is 1.81 bits per heavy atom. The predicted octanol–water partition coefficient (Wildman–Crippen LogP) is 2.10. The summed E-state index contributed by atoms with van der Waals surface area (Å²) in [4.78, 5) is 29.7. The molecule has 5 heterocycles. The Labute approximate surface area is 188 Å². The van der Waals surface area contributed by atoms with Crippen LogP contribution in [0.25, 0.3) is 0 Å². The van der Waals surface area contributed by atoms with E-state index in [-0.39, 0.29) is 16.7 Å². The topological polar surface area (TPSA) is 70.7 Å². The summed E-state index contributed by atoms with van der Waals surface area (Å²) in [5, 5.41) is 10.6. The molecule has 172 valence electrons. The van der Waals surface area contributed by atoms with E-state index >= 15 is 0 Å². The quantitative estimate of drug-likeness (QED) is 0.792. The molecule has 0 amide bonds. The van der Waals surface area contributed by atoms with Crippen molar-refractivity contribution in [3.63, 3.8) is 0 Å². The lowest BCUT2D eigenvalue weighted by molar-refractivity contribution is 0.111. The Balaban J connectivity index is 1.36. The molecule has 2 bridgehead atoms. The average Bonchev–Trinajstić information content (AvgIpc) is 2.77. The van der Waals surface area contributed by atoms with Crippen LogP contribution < -0.4 is 11.0 Å². The summed E-state index contributed by atoms with van der Waals surface area (Å²) in [6, 6.07) is 7.20. The number of pyridine rings is 2. The van der Waals surface area contributed by atoms with Crippen molar-refractivity contribution in [2.45, 2.75) is 51.7 Å². The molecule has 5 rings (SSSR count). The summed E-state index contributed by atoms with van der Waals surface area (Å²) in [6.45, 7) is 8.17. The van der Waals surface area contributed by atoms with Crippen molar-refractivity contribution in [3.8, 4) is 5.75 Å². The van der Waals surface area contributed by atoms with Gasteiger partial charge in [0.15, 0.2) is 5.75 Å². The standard InChI is InChI=1S/C25H34N4O3/c1-17-6-8-27(9-7-17)16-22-25(32)23(30)11-20(26(22)2)15-28-12-18-10-19(14-28)21-4-3-5-24(31)29(21)13-18/h3-5,11,17-19,32H,6-10,12-16H2,1-2H3. The average molecular weight is 439 g/mol. The van der Waals surface area contributed by atoms with Gasteiger partial charge in [0.1, 0.15) is 0 Å². The number of hydrogen-bond donors (Lipinski definition) is 1. The summed E-state index contributed by atoms with van der Waals surface area (Å²) in [6.07, 6.45) is 3.44. The molecule has 0 aromatic carbocycles. The molecule has 0 aliphatic carbocycles. The molecule has 2 aromatic heterocycles. The molecular formula is C25H34N4O3. The zero-order valence-electron chi connectivity index (χ0n) is 19.2. The Morgan fingerprint density at radius 3 is 2.59 bits per heavy atom. The number of hydrogen-bond acceptors (Lipinski definition) is 5. The van der Waals surface area contributed by atoms with E-state index in [0.717, 1.165) is 75.0 Å². The molecular weight excluding hydrogens is 404 g/mol. The minimum absolute atomic E-state index is 0.100. The van der Waals surface area contributed by atoms with E-state index in [1.807, 2.05) is 22.2 Å². The Kier molecular flexibility index (Phi) is 5.72. The van der Waals surface area contributed by atoms with E-state index in [9.17, 15) is 14.7 Å². The fourth-order valence-electron chi connectivity index (χ4n) is 5.91. The molecule has 2 unspecified atom stereocenters. The third-order valence-electron chi connectivity index (χ3n) is 7.83. The maximum atomic E-state index is 12.6. The predicted molar refractivity (Wildman–Crippen MR) is 124 cm³/mol. The van der Waals surface area contributed by atoms with Crippen molar-refractivity contribution in [2.24, 2.45) is 18.9 Å². The fraction of sp³-hybridized carbons (Fsp3) is 0.600. The zero-order valence-corrected chi connectivity index (χ0v) is 19.2. The first-order chi connectivity index (χ1) is 15.4. The maximum Gasteiger partial charge on any atom is 0.250 e. The van der Waals surface area contributed by atoms with E-state index in [0.29, 0.717) is 24.9 Å². The van der Waals surface area contributed by atoms with E-state index < -0.39 is 0 Å². The van der Waals surface area contributed by atoms with Gasteiger partial charge >= 0.3 is 0 Å². The number of fused-ring (bicyclic) bond motifs is 4. The van der Waals surface area contributed by atoms with Crippen molar-refractivity contribution >= 4 is 0 Å². The summed E-state index contributed by atoms with van der Waals surface area (Å²) < 4.78 is 3.97. The van der Waals surface area contributed by atoms with Crippen LogP contribution in [0.4, 0.5) is 0 Å². The van der Waals surface area contributed by atoms with Gasteiger partial charge in [-0.15, -0.1) is 0 Å². The minimum atomic E-state index is -0.285. The van der Waals surface area contributed by atoms with Crippen molar-refractivity contribution < 1.29 is 5.11 Å². The van der Waals surface area contributed by atoms with Crippen LogP contribution in [0.5, 0.6) is 5.75 Å². The minimum Gasteiger partial charge on any atom is -0.503 e. The van der Waals surface area contributed by atoms with E-state index in [4.69, 9.17) is 0 Å². The van der Waals surface area contributed by atoms with Gasteiger partial charge in [-0.2, -0.15) is 0 Å². The van der Waals surface area contributed by atoms with Crippen LogP contribution in [-0.2, 0) is 26.7 Å². The Hall–Kier alpha value is -2.38. The monoisotopic (exact) mass is 438 g/mol. The molecule has 0 saturated carbocycles. The lowest BCUT2D eigenvalue weighted by Crippen LogP contribution is -2.47. The van der Waals surface area contributed by atoms with E-state index in [1.54, 1.807) is 12.1 Å². The van der Waals surface area contributed by atoms with E-state index in [1.165, 1.54) is 0 Å². The number of likely N-dealkylation sites (tertiary alicyclic amines) is 2. The lowest BCUT2D eigenvalue weighted by atomic mass is 9.83. The Morgan fingerprint density at radius 1 is 1.03 bits per heavy atom. The highest BCUT2D eigenvalue weighted by molar-refractivity contribution is 5.30. The molecule has 2 saturated heterocycles. The lowest BCUT2D eigenvalue weighted by Gasteiger charge is -2.43. The molecule has 2 fully saturated rings. The van der Waals surface area contributed by atoms with Gasteiger partial charge in [0.2, 0.25) is 5.43 Å². The summed E-state index contributed by atoms with van der Waals surface area (Å²) in [5.74, 6) is 1.43. The van der Waals surface area contributed by atoms with Crippen molar-refractivity contribution in [1.29, 1.82) is 0 Å². The number of nitrogens with zero attached hydrogens (tertiary/aromatic N) is 4. The molecule has 32 heavy (non-hydrogen) atoms. The second-order valence-corrected chi connectivity index (χ2v) is 10.2. The third kappa shape index (κ3) is 4.04. The third-order valence-corrected chi connectivity index (χ3v) is 7.83. The van der Waals surface area contributed by atoms with Gasteiger partial charge in [0.25, 0.3) is 5.56 Å². The van der Waals surface area contributed by atoms with Crippen LogP contribution in [-0.4, -0.2) is 50.2 Å². The molecule has 1 N–H and O–H groups in total. The normalized spacial score (nSPS) is 24.4. The molecule has 0 radical (unpaired) electrons. The van der Waals surface area contributed by atoms with E-state index in [2.05, 4.69) is 22.8 Å². The Bertz CT molecular complexity index is 1110. The number of piperidine rings is 2. The highest BCUT2D eigenvalue weighted by Crippen LogP contribution is 2.35. The first-order valence-electron chi connectivity index (χ1n) is 11.9. The van der Waals surface area contributed by atoms with Gasteiger partial charge in [-0.05, 0) is 50.3 Å². The first kappa shape index (κ1) is 21.5. The van der Waals surface area contributed by atoms with Gasteiger partial charge in [0, 0.05) is 69.2 Å². The molecule has 7 heteroatoms. The van der Waals surface area contributed by atoms with Crippen LogP contribution in [0.15, 0.2) is 33.9 Å². The second kappa shape index (κ2) is 8.52. The van der Waals surface area contributed by atoms with Crippen LogP contribution in [0.3, 0.4) is 0 Å². The summed E-state index contributed by atoms with van der Waals surface area (Å²) in [7, 11) is 1.97. The van der Waals surface area contributed by atoms with Crippen molar-refractivity contribution in [3.05, 3.63) is 61.9 Å². The van der Waals surface area contributed by atoms with Crippen LogP contribution in [0.1, 0.15) is 49.2 Å². The van der Waals surface area contributed by atoms with Gasteiger partial charge < -0.3 is 14.2 Å². The van der Waals surface area contributed by atoms with Crippen molar-refractivity contribution in [1.82, 2.24) is 18.9 Å². The number of aromatic hydroxyl groups is 1. The van der Waals surface area contributed by atoms with Gasteiger partial charge in [-0.3, -0.25) is 19.4 Å². The highest BCUT2D eigenvalue weighted by atomic mass is 16.3. The number of rotatable bonds is 4. The van der Waals surface area contributed by atoms with Crippen LogP contribution >= 0.6 is 0 Å².